The van der Waals surface area contributed by atoms with Crippen LogP contribution in [-0.2, 0) is 4.79 Å². The van der Waals surface area contributed by atoms with Gasteiger partial charge in [-0.25, -0.2) is 0 Å². The fourth-order valence-corrected chi connectivity index (χ4v) is 4.90. The van der Waals surface area contributed by atoms with Crippen LogP contribution in [0.1, 0.15) is 36.7 Å². The largest absolute Gasteiger partial charge is 0.366 e. The lowest BCUT2D eigenvalue weighted by Crippen LogP contribution is -2.30. The maximum absolute atomic E-state index is 12.8. The van der Waals surface area contributed by atoms with E-state index in [9.17, 15) is 14.9 Å². The second-order valence-electron chi connectivity index (χ2n) is 8.21. The normalized spacial score (nSPS) is 17.9. The number of hydrogen-bond acceptors (Lipinski definition) is 5. The number of aromatic nitrogens is 1. The molecule has 0 bridgehead atoms. The Morgan fingerprint density at radius 1 is 1.19 bits per heavy atom. The van der Waals surface area contributed by atoms with Crippen LogP contribution in [0.15, 0.2) is 30.0 Å². The molecule has 0 radical (unpaired) electrons. The Morgan fingerprint density at radius 2 is 1.88 bits per heavy atom. The van der Waals surface area contributed by atoms with Gasteiger partial charge in [0.25, 0.3) is 11.6 Å². The standard InChI is InChI=1S/C23H27N5O3S/c1-5-26-22(29)21(24(4)23(26)32)13-17-12-15(2)27(16(17)3)18-8-9-19(20(14-18)28(30)31)25-10-6-7-11-25/h8-9,12-14H,5-7,10-11H2,1-4H3/b21-13-. The predicted octanol–water partition coefficient (Wildman–Crippen LogP) is 4.02. The number of anilines is 1. The second kappa shape index (κ2) is 8.38. The SMILES string of the molecule is CCN1C(=O)/C(=C/c2cc(C)n(-c3ccc(N4CCCC4)c([N+](=O)[O-])c3)c2C)N(C)C1=S. The first-order valence-corrected chi connectivity index (χ1v) is 11.2. The maximum atomic E-state index is 12.8. The van der Waals surface area contributed by atoms with Gasteiger partial charge in [0.15, 0.2) is 5.11 Å². The molecule has 2 aliphatic rings. The number of aryl methyl sites for hydroxylation is 1. The van der Waals surface area contributed by atoms with E-state index in [4.69, 9.17) is 12.2 Å². The van der Waals surface area contributed by atoms with E-state index >= 15 is 0 Å². The zero-order valence-electron chi connectivity index (χ0n) is 18.8. The van der Waals surface area contributed by atoms with Crippen LogP contribution in [0.25, 0.3) is 11.8 Å². The minimum absolute atomic E-state index is 0.115. The van der Waals surface area contributed by atoms with Gasteiger partial charge in [-0.15, -0.1) is 0 Å². The summed E-state index contributed by atoms with van der Waals surface area (Å²) >= 11 is 5.39. The number of carbonyl (C=O) groups is 1. The molecule has 4 rings (SSSR count). The fourth-order valence-electron chi connectivity index (χ4n) is 4.59. The summed E-state index contributed by atoms with van der Waals surface area (Å²) in [4.78, 5) is 29.7. The highest BCUT2D eigenvalue weighted by atomic mass is 32.1. The van der Waals surface area contributed by atoms with Crippen LogP contribution in [0.3, 0.4) is 0 Å². The molecule has 2 aromatic rings. The predicted molar refractivity (Wildman–Crippen MR) is 129 cm³/mol. The van der Waals surface area contributed by atoms with Crippen LogP contribution in [0.5, 0.6) is 0 Å². The Kier molecular flexibility index (Phi) is 5.77. The number of hydrogen-bond donors (Lipinski definition) is 0. The highest BCUT2D eigenvalue weighted by Gasteiger charge is 2.34. The minimum Gasteiger partial charge on any atom is -0.366 e. The lowest BCUT2D eigenvalue weighted by Gasteiger charge is -2.19. The zero-order chi connectivity index (χ0) is 23.2. The third-order valence-electron chi connectivity index (χ3n) is 6.28. The number of benzene rings is 1. The van der Waals surface area contributed by atoms with E-state index in [2.05, 4.69) is 4.90 Å². The van der Waals surface area contributed by atoms with E-state index in [1.165, 1.54) is 0 Å². The molecule has 1 amide bonds. The average molecular weight is 454 g/mol. The van der Waals surface area contributed by atoms with Gasteiger partial charge in [-0.05, 0) is 75.7 Å². The molecule has 9 heteroatoms. The summed E-state index contributed by atoms with van der Waals surface area (Å²) in [5, 5.41) is 12.3. The first-order valence-electron chi connectivity index (χ1n) is 10.8. The molecule has 2 saturated heterocycles. The van der Waals surface area contributed by atoms with E-state index in [-0.39, 0.29) is 16.5 Å². The fraction of sp³-hybridized carbons (Fsp3) is 0.391. The van der Waals surface area contributed by atoms with Crippen LogP contribution in [0, 0.1) is 24.0 Å². The molecule has 32 heavy (non-hydrogen) atoms. The summed E-state index contributed by atoms with van der Waals surface area (Å²) in [7, 11) is 1.79. The summed E-state index contributed by atoms with van der Waals surface area (Å²) in [5.74, 6) is -0.115. The van der Waals surface area contributed by atoms with Gasteiger partial charge in [-0.2, -0.15) is 0 Å². The van der Waals surface area contributed by atoms with Crippen LogP contribution < -0.4 is 4.90 Å². The van der Waals surface area contributed by atoms with Crippen molar-refractivity contribution >= 4 is 40.7 Å². The van der Waals surface area contributed by atoms with Crippen molar-refractivity contribution in [1.29, 1.82) is 0 Å². The summed E-state index contributed by atoms with van der Waals surface area (Å²) < 4.78 is 1.99. The molecule has 1 aromatic carbocycles. The second-order valence-corrected chi connectivity index (χ2v) is 8.57. The van der Waals surface area contributed by atoms with E-state index in [0.29, 0.717) is 23.0 Å². The molecule has 2 fully saturated rings. The summed E-state index contributed by atoms with van der Waals surface area (Å²) in [6.07, 6.45) is 3.95. The van der Waals surface area contributed by atoms with Crippen molar-refractivity contribution in [2.24, 2.45) is 0 Å². The molecule has 168 valence electrons. The number of nitro groups is 1. The van der Waals surface area contributed by atoms with Gasteiger partial charge in [0.1, 0.15) is 11.4 Å². The highest BCUT2D eigenvalue weighted by molar-refractivity contribution is 7.80. The van der Waals surface area contributed by atoms with Gasteiger partial charge in [-0.1, -0.05) is 0 Å². The van der Waals surface area contributed by atoms with Gasteiger partial charge >= 0.3 is 0 Å². The monoisotopic (exact) mass is 453 g/mol. The van der Waals surface area contributed by atoms with E-state index in [1.807, 2.05) is 49.6 Å². The number of carbonyl (C=O) groups excluding carboxylic acids is 1. The summed E-state index contributed by atoms with van der Waals surface area (Å²) in [6.45, 7) is 8.01. The van der Waals surface area contributed by atoms with Gasteiger partial charge in [0, 0.05) is 44.1 Å². The summed E-state index contributed by atoms with van der Waals surface area (Å²) in [5.41, 5.74) is 4.76. The number of thiocarbonyl (C=S) groups is 1. The van der Waals surface area contributed by atoms with Crippen LogP contribution in [-0.4, -0.2) is 57.0 Å². The molecule has 3 heterocycles. The molecule has 0 saturated carbocycles. The number of nitrogens with zero attached hydrogens (tertiary/aromatic N) is 5. The van der Waals surface area contributed by atoms with Gasteiger partial charge in [0.2, 0.25) is 0 Å². The Bertz CT molecular complexity index is 1150. The molecule has 0 aliphatic carbocycles. The third-order valence-corrected chi connectivity index (χ3v) is 6.78. The number of likely N-dealkylation sites (N-methyl/N-ethyl adjacent to an activating group) is 2. The van der Waals surface area contributed by atoms with Crippen molar-refractivity contribution in [2.45, 2.75) is 33.6 Å². The Balaban J connectivity index is 1.76. The van der Waals surface area contributed by atoms with Crippen molar-refractivity contribution in [3.63, 3.8) is 0 Å². The lowest BCUT2D eigenvalue weighted by atomic mass is 10.2. The molecule has 0 unspecified atom stereocenters. The molecular formula is C23H27N5O3S. The number of rotatable bonds is 5. The summed E-state index contributed by atoms with van der Waals surface area (Å²) in [6, 6.07) is 7.41. The Morgan fingerprint density at radius 3 is 2.47 bits per heavy atom. The molecule has 1 aromatic heterocycles. The molecule has 0 atom stereocenters. The zero-order valence-corrected chi connectivity index (χ0v) is 19.6. The van der Waals surface area contributed by atoms with E-state index in [0.717, 1.165) is 48.6 Å². The molecule has 0 spiro atoms. The van der Waals surface area contributed by atoms with Crippen molar-refractivity contribution in [3.05, 3.63) is 57.0 Å². The molecule has 8 nitrogen and oxygen atoms in total. The third kappa shape index (κ3) is 3.56. The lowest BCUT2D eigenvalue weighted by molar-refractivity contribution is -0.384. The van der Waals surface area contributed by atoms with Crippen molar-refractivity contribution in [1.82, 2.24) is 14.4 Å². The highest BCUT2D eigenvalue weighted by Crippen LogP contribution is 2.34. The first-order chi connectivity index (χ1) is 15.2. The van der Waals surface area contributed by atoms with E-state index in [1.54, 1.807) is 22.9 Å². The topological polar surface area (TPSA) is 74.9 Å². The maximum Gasteiger partial charge on any atom is 0.294 e. The van der Waals surface area contributed by atoms with Crippen LogP contribution in [0.2, 0.25) is 0 Å². The van der Waals surface area contributed by atoms with Gasteiger partial charge < -0.3 is 14.4 Å². The number of nitro benzene ring substituents is 1. The van der Waals surface area contributed by atoms with Crippen LogP contribution >= 0.6 is 12.2 Å². The van der Waals surface area contributed by atoms with Gasteiger partial charge in [-0.3, -0.25) is 19.8 Å². The van der Waals surface area contributed by atoms with E-state index < -0.39 is 0 Å². The quantitative estimate of drug-likeness (QED) is 0.295. The van der Waals surface area contributed by atoms with Gasteiger partial charge in [0.05, 0.1) is 10.6 Å². The average Bonchev–Trinajstić information content (AvgIpc) is 3.44. The van der Waals surface area contributed by atoms with Crippen LogP contribution in [0.4, 0.5) is 11.4 Å². The molecule has 0 N–H and O–H groups in total. The smallest absolute Gasteiger partial charge is 0.294 e. The molecular weight excluding hydrogens is 426 g/mol. The Labute approximate surface area is 192 Å². The first kappa shape index (κ1) is 22.0. The van der Waals surface area contributed by atoms with Crippen molar-refractivity contribution in [2.75, 3.05) is 31.6 Å². The number of amides is 1. The minimum atomic E-state index is -0.305. The van der Waals surface area contributed by atoms with Crippen molar-refractivity contribution in [3.8, 4) is 5.69 Å². The molecule has 2 aliphatic heterocycles. The Hall–Kier alpha value is -3.20. The van der Waals surface area contributed by atoms with Crippen molar-refractivity contribution < 1.29 is 9.72 Å².